The zero-order valence-electron chi connectivity index (χ0n) is 21.0. The van der Waals surface area contributed by atoms with Crippen molar-refractivity contribution in [3.63, 3.8) is 0 Å². The number of amides is 2. The van der Waals surface area contributed by atoms with Crippen LogP contribution in [0.5, 0.6) is 0 Å². The fraction of sp³-hybridized carbons (Fsp3) is 0.857. The number of guanidine groups is 1. The van der Waals surface area contributed by atoms with Gasteiger partial charge in [0.1, 0.15) is 6.04 Å². The van der Waals surface area contributed by atoms with Gasteiger partial charge in [0.05, 0.1) is 5.94 Å². The molecule has 3 atom stereocenters. The van der Waals surface area contributed by atoms with Gasteiger partial charge >= 0.3 is 7.12 Å². The highest BCUT2D eigenvalue weighted by atomic mass is 16.7. The normalized spacial score (nSPS) is 14.3. The predicted octanol–water partition coefficient (Wildman–Crippen LogP) is 0.887. The van der Waals surface area contributed by atoms with Gasteiger partial charge in [-0.15, -0.1) is 0 Å². The van der Waals surface area contributed by atoms with Crippen LogP contribution >= 0.6 is 0 Å². The Hall–Kier alpha value is -2.41. The Morgan fingerprint density at radius 3 is 2.32 bits per heavy atom. The van der Waals surface area contributed by atoms with Gasteiger partial charge in [0.25, 0.3) is 5.96 Å². The highest BCUT2D eigenvalue weighted by Crippen LogP contribution is 2.18. The number of hydrogen-bond donors (Lipinski definition) is 6. The molecule has 0 heterocycles. The van der Waals surface area contributed by atoms with Gasteiger partial charge in [0.15, 0.2) is 5.03 Å². The number of nitrogens with zero attached hydrogens (tertiary/aromatic N) is 2. The molecule has 196 valence electrons. The quantitative estimate of drug-likeness (QED) is 0.0411. The van der Waals surface area contributed by atoms with E-state index in [0.29, 0.717) is 25.2 Å². The molecule has 1 unspecified atom stereocenters. The largest absolute Gasteiger partial charge is 0.475 e. The van der Waals surface area contributed by atoms with Crippen LogP contribution in [0.15, 0.2) is 4.99 Å². The summed E-state index contributed by atoms with van der Waals surface area (Å²) in [6, 6.07) is -0.906. The molecule has 12 nitrogen and oxygen atoms in total. The van der Waals surface area contributed by atoms with Gasteiger partial charge in [0.2, 0.25) is 11.8 Å². The minimum atomic E-state index is -1.73. The molecule has 0 saturated heterocycles. The molecule has 0 aliphatic carbocycles. The summed E-state index contributed by atoms with van der Waals surface area (Å²) in [5, 5.41) is 34.2. The summed E-state index contributed by atoms with van der Waals surface area (Å²) in [6.07, 6.45) is 6.17. The highest BCUT2D eigenvalue weighted by molar-refractivity contribution is 6.43. The molecule has 0 rings (SSSR count). The maximum absolute atomic E-state index is 12.9. The molecule has 34 heavy (non-hydrogen) atoms. The van der Waals surface area contributed by atoms with E-state index in [0.717, 1.165) is 32.1 Å². The zero-order valence-corrected chi connectivity index (χ0v) is 21.0. The van der Waals surface area contributed by atoms with Crippen LogP contribution < -0.4 is 21.8 Å². The minimum Gasteiger partial charge on any atom is -0.426 e. The van der Waals surface area contributed by atoms with Crippen LogP contribution in [0.25, 0.3) is 0 Å². The Bertz CT molecular complexity index is 649. The van der Waals surface area contributed by atoms with Crippen molar-refractivity contribution in [3.05, 3.63) is 10.1 Å². The van der Waals surface area contributed by atoms with Crippen LogP contribution in [0, 0.1) is 22.0 Å². The molecule has 0 spiro atoms. The highest BCUT2D eigenvalue weighted by Gasteiger charge is 2.29. The van der Waals surface area contributed by atoms with Crippen molar-refractivity contribution in [1.82, 2.24) is 16.1 Å². The molecule has 0 aromatic carbocycles. The molecule has 0 bridgehead atoms. The molecular weight excluding hydrogens is 443 g/mol. The molecule has 7 N–H and O–H groups in total. The summed E-state index contributed by atoms with van der Waals surface area (Å²) < 4.78 is 0. The zero-order chi connectivity index (χ0) is 26.1. The topological polar surface area (TPSA) is 192 Å². The average molecular weight is 486 g/mol. The second-order valence-electron chi connectivity index (χ2n) is 9.01. The van der Waals surface area contributed by atoms with Gasteiger partial charge in [-0.25, -0.2) is 15.1 Å². The van der Waals surface area contributed by atoms with Crippen molar-refractivity contribution in [2.75, 3.05) is 6.54 Å². The van der Waals surface area contributed by atoms with Crippen LogP contribution in [0.1, 0.15) is 85.5 Å². The van der Waals surface area contributed by atoms with Gasteiger partial charge in [-0.1, -0.05) is 58.8 Å². The number of rotatable bonds is 18. The lowest BCUT2D eigenvalue weighted by Gasteiger charge is -2.24. The molecule has 0 saturated carbocycles. The summed E-state index contributed by atoms with van der Waals surface area (Å²) in [5.74, 6) is -1.44. The lowest BCUT2D eigenvalue weighted by Crippen LogP contribution is -2.54. The van der Waals surface area contributed by atoms with Crippen LogP contribution in [0.3, 0.4) is 0 Å². The van der Waals surface area contributed by atoms with Gasteiger partial charge in [0, 0.05) is 13.0 Å². The number of nitro groups is 1. The van der Waals surface area contributed by atoms with E-state index in [4.69, 9.17) is 5.73 Å². The Balaban J connectivity index is 5.11. The number of aliphatic imine (C=N–C) groups is 1. The molecule has 0 aliphatic heterocycles. The van der Waals surface area contributed by atoms with Crippen molar-refractivity contribution in [3.8, 4) is 0 Å². The van der Waals surface area contributed by atoms with E-state index in [1.807, 2.05) is 13.8 Å². The number of nitrogens with two attached hydrogens (primary N) is 1. The van der Waals surface area contributed by atoms with Gasteiger partial charge in [-0.05, 0) is 37.5 Å². The first-order valence-corrected chi connectivity index (χ1v) is 12.2. The SMILES string of the molecule is CCCCC(CC)CCC(=O)N[C@@H](CCCN=C(N)N[N+](=O)[O-])C(=O)N[C@@H](CC(C)C)B(O)O. The Morgan fingerprint density at radius 2 is 1.79 bits per heavy atom. The van der Waals surface area contributed by atoms with Crippen molar-refractivity contribution < 1.29 is 24.7 Å². The molecule has 0 fully saturated rings. The van der Waals surface area contributed by atoms with Crippen LogP contribution in [0.4, 0.5) is 0 Å². The van der Waals surface area contributed by atoms with Crippen molar-refractivity contribution in [2.24, 2.45) is 22.6 Å². The smallest absolute Gasteiger partial charge is 0.426 e. The summed E-state index contributed by atoms with van der Waals surface area (Å²) in [5.41, 5.74) is 7.12. The summed E-state index contributed by atoms with van der Waals surface area (Å²) in [4.78, 5) is 39.7. The number of carbonyl (C=O) groups is 2. The Kier molecular flexibility index (Phi) is 16.7. The average Bonchev–Trinajstić information content (AvgIpc) is 2.74. The predicted molar refractivity (Wildman–Crippen MR) is 132 cm³/mol. The van der Waals surface area contributed by atoms with E-state index in [1.54, 1.807) is 5.43 Å². The van der Waals surface area contributed by atoms with Gasteiger partial charge in [-0.3, -0.25) is 9.59 Å². The molecule has 0 radical (unpaired) electrons. The van der Waals surface area contributed by atoms with E-state index in [2.05, 4.69) is 29.5 Å². The number of unbranched alkanes of at least 4 members (excludes halogenated alkanes) is 1. The van der Waals surface area contributed by atoms with Crippen molar-refractivity contribution >= 4 is 24.9 Å². The van der Waals surface area contributed by atoms with E-state index in [-0.39, 0.29) is 30.8 Å². The Morgan fingerprint density at radius 1 is 1.12 bits per heavy atom. The third kappa shape index (κ3) is 15.4. The molecular formula is C21H43BN6O6. The minimum absolute atomic E-state index is 0.110. The third-order valence-electron chi connectivity index (χ3n) is 5.53. The van der Waals surface area contributed by atoms with Crippen molar-refractivity contribution in [1.29, 1.82) is 0 Å². The summed E-state index contributed by atoms with van der Waals surface area (Å²) in [7, 11) is -1.73. The fourth-order valence-electron chi connectivity index (χ4n) is 3.59. The molecule has 13 heteroatoms. The molecule has 0 aromatic heterocycles. The van der Waals surface area contributed by atoms with E-state index < -0.39 is 30.0 Å². The van der Waals surface area contributed by atoms with Crippen LogP contribution in [-0.2, 0) is 9.59 Å². The number of hydrazine groups is 1. The first-order valence-electron chi connectivity index (χ1n) is 12.2. The van der Waals surface area contributed by atoms with Crippen molar-refractivity contribution in [2.45, 2.75) is 97.5 Å². The first-order chi connectivity index (χ1) is 16.0. The maximum Gasteiger partial charge on any atom is 0.475 e. The molecule has 2 amide bonds. The first kappa shape index (κ1) is 31.6. The lowest BCUT2D eigenvalue weighted by atomic mass is 9.75. The maximum atomic E-state index is 12.9. The second kappa shape index (κ2) is 18.0. The number of nitrogens with one attached hydrogen (secondary N) is 3. The molecule has 0 aromatic rings. The van der Waals surface area contributed by atoms with Gasteiger partial charge < -0.3 is 26.4 Å². The monoisotopic (exact) mass is 486 g/mol. The third-order valence-corrected chi connectivity index (χ3v) is 5.53. The fourth-order valence-corrected chi connectivity index (χ4v) is 3.59. The van der Waals surface area contributed by atoms with E-state index >= 15 is 0 Å². The standard InChI is InChI=1S/C21H43BN6O6/c1-5-7-9-16(6-2)11-12-19(29)25-17(10-8-13-24-21(23)27-28(33)34)20(30)26-18(22(31)32)14-15(3)4/h15-18,31-32H,5-14H2,1-4H3,(H,25,29)(H,26,30)(H3,23,24,27)/t16?,17-,18-/m0/s1. The van der Waals surface area contributed by atoms with E-state index in [1.165, 1.54) is 0 Å². The number of hydrogen-bond acceptors (Lipinski definition) is 7. The van der Waals surface area contributed by atoms with Gasteiger partial charge in [-0.2, -0.15) is 0 Å². The Labute approximate surface area is 202 Å². The second-order valence-corrected chi connectivity index (χ2v) is 9.01. The summed E-state index contributed by atoms with van der Waals surface area (Å²) in [6.45, 7) is 8.13. The number of carbonyl (C=O) groups excluding carboxylic acids is 2. The summed E-state index contributed by atoms with van der Waals surface area (Å²) >= 11 is 0. The van der Waals surface area contributed by atoms with Crippen LogP contribution in [-0.4, -0.2) is 58.5 Å². The molecule has 0 aliphatic rings. The van der Waals surface area contributed by atoms with Crippen LogP contribution in [0.2, 0.25) is 0 Å². The lowest BCUT2D eigenvalue weighted by molar-refractivity contribution is -0.525. The van der Waals surface area contributed by atoms with E-state index in [9.17, 15) is 29.8 Å².